The Hall–Kier alpha value is -2.08. The second-order valence-corrected chi connectivity index (χ2v) is 6.76. The number of carbonyl (C=O) groups excluding carboxylic acids is 2. The highest BCUT2D eigenvalue weighted by molar-refractivity contribution is 5.97. The molecule has 2 fully saturated rings. The highest BCUT2D eigenvalue weighted by Gasteiger charge is 2.41. The van der Waals surface area contributed by atoms with Crippen LogP contribution in [-0.2, 0) is 14.3 Å². The van der Waals surface area contributed by atoms with Crippen LogP contribution in [0.25, 0.3) is 0 Å². The molecule has 0 spiro atoms. The van der Waals surface area contributed by atoms with Crippen molar-refractivity contribution in [1.82, 2.24) is 4.90 Å². The number of rotatable bonds is 6. The van der Waals surface area contributed by atoms with Gasteiger partial charge in [0, 0.05) is 25.9 Å². The number of likely N-dealkylation sites (tertiary alicyclic amines) is 1. The maximum absolute atomic E-state index is 12.5. The molecule has 1 saturated carbocycles. The predicted molar refractivity (Wildman–Crippen MR) is 94.6 cm³/mol. The van der Waals surface area contributed by atoms with Crippen molar-refractivity contribution in [1.29, 1.82) is 0 Å². The first-order valence-corrected chi connectivity index (χ1v) is 9.00. The predicted octanol–water partition coefficient (Wildman–Crippen LogP) is 2.59. The molecule has 6 heteroatoms. The van der Waals surface area contributed by atoms with Gasteiger partial charge in [-0.1, -0.05) is 0 Å². The van der Waals surface area contributed by atoms with Gasteiger partial charge in [-0.2, -0.15) is 0 Å². The molecule has 6 nitrogen and oxygen atoms in total. The van der Waals surface area contributed by atoms with E-state index in [0.717, 1.165) is 51.6 Å². The summed E-state index contributed by atoms with van der Waals surface area (Å²) in [6, 6.07) is 7.10. The van der Waals surface area contributed by atoms with Gasteiger partial charge in [0.25, 0.3) is 11.8 Å². The molecule has 0 unspecified atom stereocenters. The molecule has 1 aromatic carbocycles. The first-order valence-electron chi connectivity index (χ1n) is 9.00. The number of benzene rings is 1. The van der Waals surface area contributed by atoms with Gasteiger partial charge in [0.05, 0.1) is 0 Å². The molecule has 0 bridgehead atoms. The van der Waals surface area contributed by atoms with E-state index >= 15 is 0 Å². The second-order valence-electron chi connectivity index (χ2n) is 6.76. The third kappa shape index (κ3) is 4.12. The highest BCUT2D eigenvalue weighted by Crippen LogP contribution is 2.33. The maximum Gasteiger partial charge on any atom is 0.260 e. The van der Waals surface area contributed by atoms with Crippen LogP contribution >= 0.6 is 0 Å². The topological polar surface area (TPSA) is 67.9 Å². The SMILES string of the molecule is COC1(C(=O)Nc2ccc(OCC(=O)N3CCCC3)cc2)CCCC1. The molecule has 2 amide bonds. The van der Waals surface area contributed by atoms with E-state index < -0.39 is 5.60 Å². The van der Waals surface area contributed by atoms with Crippen molar-refractivity contribution in [2.24, 2.45) is 0 Å². The molecule has 0 radical (unpaired) electrons. The van der Waals surface area contributed by atoms with Gasteiger partial charge in [0.1, 0.15) is 11.4 Å². The van der Waals surface area contributed by atoms with Crippen molar-refractivity contribution in [3.63, 3.8) is 0 Å². The monoisotopic (exact) mass is 346 g/mol. The Morgan fingerprint density at radius 1 is 1.08 bits per heavy atom. The Morgan fingerprint density at radius 3 is 2.32 bits per heavy atom. The van der Waals surface area contributed by atoms with Crippen LogP contribution in [0.15, 0.2) is 24.3 Å². The number of hydrogen-bond acceptors (Lipinski definition) is 4. The third-order valence-electron chi connectivity index (χ3n) is 5.15. The molecule has 1 aromatic rings. The molecule has 1 N–H and O–H groups in total. The van der Waals surface area contributed by atoms with Crippen LogP contribution in [0.1, 0.15) is 38.5 Å². The second kappa shape index (κ2) is 7.87. The van der Waals surface area contributed by atoms with E-state index in [2.05, 4.69) is 5.32 Å². The lowest BCUT2D eigenvalue weighted by molar-refractivity contribution is -0.137. The number of nitrogens with one attached hydrogen (secondary N) is 1. The zero-order valence-corrected chi connectivity index (χ0v) is 14.8. The number of anilines is 1. The van der Waals surface area contributed by atoms with Crippen molar-refractivity contribution in [2.45, 2.75) is 44.1 Å². The summed E-state index contributed by atoms with van der Waals surface area (Å²) in [6.45, 7) is 1.71. The van der Waals surface area contributed by atoms with Crippen LogP contribution in [0.4, 0.5) is 5.69 Å². The summed E-state index contributed by atoms with van der Waals surface area (Å²) in [4.78, 5) is 26.3. The van der Waals surface area contributed by atoms with Crippen molar-refractivity contribution in [3.8, 4) is 5.75 Å². The summed E-state index contributed by atoms with van der Waals surface area (Å²) >= 11 is 0. The molecule has 1 aliphatic heterocycles. The van der Waals surface area contributed by atoms with Crippen molar-refractivity contribution < 1.29 is 19.1 Å². The minimum atomic E-state index is -0.697. The summed E-state index contributed by atoms with van der Waals surface area (Å²) in [7, 11) is 1.60. The fraction of sp³-hybridized carbons (Fsp3) is 0.579. The van der Waals surface area contributed by atoms with Gasteiger partial charge in [0.15, 0.2) is 6.61 Å². The lowest BCUT2D eigenvalue weighted by Crippen LogP contribution is -2.42. The Morgan fingerprint density at radius 2 is 1.72 bits per heavy atom. The molecule has 1 aliphatic carbocycles. The molecular weight excluding hydrogens is 320 g/mol. The zero-order valence-electron chi connectivity index (χ0n) is 14.8. The van der Waals surface area contributed by atoms with Crippen LogP contribution in [0.2, 0.25) is 0 Å². The fourth-order valence-electron chi connectivity index (χ4n) is 3.55. The average molecular weight is 346 g/mol. The number of ether oxygens (including phenoxy) is 2. The molecule has 1 heterocycles. The Balaban J connectivity index is 1.51. The quantitative estimate of drug-likeness (QED) is 0.860. The average Bonchev–Trinajstić information content (AvgIpc) is 3.33. The van der Waals surface area contributed by atoms with Gasteiger partial charge in [-0.25, -0.2) is 0 Å². The Labute approximate surface area is 148 Å². The van der Waals surface area contributed by atoms with E-state index in [1.807, 2.05) is 4.90 Å². The Kier molecular flexibility index (Phi) is 5.58. The van der Waals surface area contributed by atoms with Gasteiger partial charge in [-0.15, -0.1) is 0 Å². The highest BCUT2D eigenvalue weighted by atomic mass is 16.5. The maximum atomic E-state index is 12.5. The number of nitrogens with zero attached hydrogens (tertiary/aromatic N) is 1. The molecule has 0 atom stereocenters. The van der Waals surface area contributed by atoms with E-state index in [9.17, 15) is 9.59 Å². The summed E-state index contributed by atoms with van der Waals surface area (Å²) in [5.74, 6) is 0.552. The summed E-state index contributed by atoms with van der Waals surface area (Å²) in [6.07, 6.45) is 5.69. The van der Waals surface area contributed by atoms with Crippen LogP contribution in [0, 0.1) is 0 Å². The first-order chi connectivity index (χ1) is 12.1. The standard InChI is InChI=1S/C19H26N2O4/c1-24-19(10-2-3-11-19)18(23)20-15-6-8-16(9-7-15)25-14-17(22)21-12-4-5-13-21/h6-9H,2-5,10-14H2,1H3,(H,20,23). The lowest BCUT2D eigenvalue weighted by atomic mass is 10.0. The summed E-state index contributed by atoms with van der Waals surface area (Å²) < 4.78 is 11.0. The normalized spacial score (nSPS) is 19.0. The molecule has 136 valence electrons. The minimum Gasteiger partial charge on any atom is -0.484 e. The van der Waals surface area contributed by atoms with Gasteiger partial charge in [-0.3, -0.25) is 9.59 Å². The molecule has 2 aliphatic rings. The molecule has 0 aromatic heterocycles. The van der Waals surface area contributed by atoms with E-state index in [1.54, 1.807) is 31.4 Å². The Bertz CT molecular complexity index is 602. The largest absolute Gasteiger partial charge is 0.484 e. The molecular formula is C19H26N2O4. The fourth-order valence-corrected chi connectivity index (χ4v) is 3.55. The van der Waals surface area contributed by atoms with Crippen LogP contribution in [-0.4, -0.2) is 49.1 Å². The zero-order chi connectivity index (χ0) is 17.7. The van der Waals surface area contributed by atoms with E-state index in [0.29, 0.717) is 11.4 Å². The molecule has 25 heavy (non-hydrogen) atoms. The van der Waals surface area contributed by atoms with Gasteiger partial charge >= 0.3 is 0 Å². The van der Waals surface area contributed by atoms with Crippen LogP contribution < -0.4 is 10.1 Å². The van der Waals surface area contributed by atoms with Crippen LogP contribution in [0.5, 0.6) is 5.75 Å². The smallest absolute Gasteiger partial charge is 0.260 e. The van der Waals surface area contributed by atoms with Crippen molar-refractivity contribution >= 4 is 17.5 Å². The van der Waals surface area contributed by atoms with Crippen molar-refractivity contribution in [3.05, 3.63) is 24.3 Å². The number of amides is 2. The molecule has 3 rings (SSSR count). The van der Waals surface area contributed by atoms with E-state index in [4.69, 9.17) is 9.47 Å². The number of carbonyl (C=O) groups is 2. The first kappa shape index (κ1) is 17.7. The minimum absolute atomic E-state index is 0.0261. The van der Waals surface area contributed by atoms with E-state index in [-0.39, 0.29) is 18.4 Å². The van der Waals surface area contributed by atoms with Gasteiger partial charge < -0.3 is 19.7 Å². The van der Waals surface area contributed by atoms with Gasteiger partial charge in [-0.05, 0) is 62.8 Å². The number of methoxy groups -OCH3 is 1. The van der Waals surface area contributed by atoms with Crippen molar-refractivity contribution in [2.75, 3.05) is 32.1 Å². The third-order valence-corrected chi connectivity index (χ3v) is 5.15. The molecule has 1 saturated heterocycles. The van der Waals surface area contributed by atoms with Crippen LogP contribution in [0.3, 0.4) is 0 Å². The van der Waals surface area contributed by atoms with E-state index in [1.165, 1.54) is 0 Å². The number of hydrogen-bond donors (Lipinski definition) is 1. The van der Waals surface area contributed by atoms with Gasteiger partial charge in [0.2, 0.25) is 0 Å². The lowest BCUT2D eigenvalue weighted by Gasteiger charge is -2.25. The summed E-state index contributed by atoms with van der Waals surface area (Å²) in [5.41, 5.74) is 0.00340. The summed E-state index contributed by atoms with van der Waals surface area (Å²) in [5, 5.41) is 2.92.